The van der Waals surface area contributed by atoms with E-state index >= 15 is 0 Å². The summed E-state index contributed by atoms with van der Waals surface area (Å²) in [5, 5.41) is 20.1. The summed E-state index contributed by atoms with van der Waals surface area (Å²) in [4.78, 5) is 37.4. The van der Waals surface area contributed by atoms with Crippen LogP contribution in [0.25, 0.3) is 0 Å². The molecule has 1 aliphatic rings. The van der Waals surface area contributed by atoms with Crippen molar-refractivity contribution in [3.05, 3.63) is 88.7 Å². The fraction of sp³-hybridized carbons (Fsp3) is 0.192. The van der Waals surface area contributed by atoms with Crippen LogP contribution in [0.3, 0.4) is 0 Å². The van der Waals surface area contributed by atoms with Gasteiger partial charge < -0.3 is 25.3 Å². The SMILES string of the molecule is O=C(Nc1ccc(N2CCN(c3ccc(F)cc3)CC2)c(C(=O)O)c1)c1ccc(Cl)cc1.O=C(O)C(F)(F)F. The molecule has 0 atom stereocenters. The van der Waals surface area contributed by atoms with Crippen LogP contribution in [0.5, 0.6) is 0 Å². The largest absolute Gasteiger partial charge is 0.490 e. The number of rotatable bonds is 5. The number of carboxylic acid groups (broad SMARTS) is 2. The molecule has 0 aromatic heterocycles. The Morgan fingerprint density at radius 2 is 1.36 bits per heavy atom. The van der Waals surface area contributed by atoms with Crippen molar-refractivity contribution < 1.29 is 42.2 Å². The highest BCUT2D eigenvalue weighted by atomic mass is 35.5. The first kappa shape index (κ1) is 29.2. The Morgan fingerprint density at radius 3 is 1.87 bits per heavy atom. The van der Waals surface area contributed by atoms with Gasteiger partial charge in [0.25, 0.3) is 5.91 Å². The molecule has 1 fully saturated rings. The lowest BCUT2D eigenvalue weighted by molar-refractivity contribution is -0.192. The molecule has 3 aromatic rings. The van der Waals surface area contributed by atoms with Gasteiger partial charge in [0.2, 0.25) is 0 Å². The fourth-order valence-electron chi connectivity index (χ4n) is 3.72. The number of carboxylic acids is 2. The zero-order chi connectivity index (χ0) is 28.7. The first-order valence-electron chi connectivity index (χ1n) is 11.3. The number of carbonyl (C=O) groups is 3. The third-order valence-corrected chi connectivity index (χ3v) is 5.90. The summed E-state index contributed by atoms with van der Waals surface area (Å²) in [6, 6.07) is 17.7. The molecule has 8 nitrogen and oxygen atoms in total. The van der Waals surface area contributed by atoms with E-state index in [1.165, 1.54) is 18.2 Å². The van der Waals surface area contributed by atoms with E-state index in [4.69, 9.17) is 21.5 Å². The van der Waals surface area contributed by atoms with Crippen LogP contribution in [-0.4, -0.2) is 60.4 Å². The van der Waals surface area contributed by atoms with Crippen LogP contribution in [0.15, 0.2) is 66.7 Å². The number of nitrogens with zero attached hydrogens (tertiary/aromatic N) is 2. The highest BCUT2D eigenvalue weighted by Gasteiger charge is 2.38. The van der Waals surface area contributed by atoms with Crippen LogP contribution in [0.2, 0.25) is 5.02 Å². The predicted octanol–water partition coefficient (Wildman–Crippen LogP) is 5.39. The van der Waals surface area contributed by atoms with Gasteiger partial charge in [0, 0.05) is 48.1 Å². The van der Waals surface area contributed by atoms with Crippen molar-refractivity contribution in [1.29, 1.82) is 0 Å². The van der Waals surface area contributed by atoms with E-state index in [2.05, 4.69) is 10.2 Å². The van der Waals surface area contributed by atoms with E-state index in [0.29, 0.717) is 48.1 Å². The average Bonchev–Trinajstić information content (AvgIpc) is 2.89. The van der Waals surface area contributed by atoms with Gasteiger partial charge in [-0.1, -0.05) is 11.6 Å². The molecule has 1 saturated heterocycles. The van der Waals surface area contributed by atoms with Crippen molar-refractivity contribution in [3.8, 4) is 0 Å². The van der Waals surface area contributed by atoms with Crippen LogP contribution in [0, 0.1) is 5.82 Å². The second-order valence-electron chi connectivity index (χ2n) is 8.25. The second-order valence-corrected chi connectivity index (χ2v) is 8.69. The first-order chi connectivity index (χ1) is 18.3. The van der Waals surface area contributed by atoms with Crippen LogP contribution < -0.4 is 15.1 Å². The monoisotopic (exact) mass is 567 g/mol. The van der Waals surface area contributed by atoms with Gasteiger partial charge in [-0.2, -0.15) is 13.2 Å². The van der Waals surface area contributed by atoms with Crippen molar-refractivity contribution in [2.45, 2.75) is 6.18 Å². The van der Waals surface area contributed by atoms with Crippen LogP contribution >= 0.6 is 11.6 Å². The predicted molar refractivity (Wildman–Crippen MR) is 137 cm³/mol. The Kier molecular flexibility index (Phi) is 9.36. The van der Waals surface area contributed by atoms with Gasteiger partial charge >= 0.3 is 18.1 Å². The summed E-state index contributed by atoms with van der Waals surface area (Å²) in [6.45, 7) is 2.60. The minimum Gasteiger partial charge on any atom is -0.478 e. The Balaban J connectivity index is 0.000000532. The van der Waals surface area contributed by atoms with Gasteiger partial charge in [0.05, 0.1) is 11.3 Å². The lowest BCUT2D eigenvalue weighted by Gasteiger charge is -2.38. The third-order valence-electron chi connectivity index (χ3n) is 5.65. The van der Waals surface area contributed by atoms with Crippen molar-refractivity contribution in [3.63, 3.8) is 0 Å². The number of amides is 1. The number of hydrogen-bond donors (Lipinski definition) is 3. The molecule has 0 saturated carbocycles. The number of aliphatic carboxylic acids is 1. The summed E-state index contributed by atoms with van der Waals surface area (Å²) in [7, 11) is 0. The van der Waals surface area contributed by atoms with E-state index in [1.807, 2.05) is 4.90 Å². The van der Waals surface area contributed by atoms with Crippen molar-refractivity contribution in [1.82, 2.24) is 0 Å². The molecule has 1 aliphatic heterocycles. The van der Waals surface area contributed by atoms with E-state index in [1.54, 1.807) is 48.5 Å². The molecule has 0 unspecified atom stereocenters. The average molecular weight is 568 g/mol. The molecule has 3 aromatic carbocycles. The number of piperazine rings is 1. The minimum absolute atomic E-state index is 0.120. The van der Waals surface area contributed by atoms with E-state index < -0.39 is 18.1 Å². The summed E-state index contributed by atoms with van der Waals surface area (Å²) >= 11 is 5.85. The molecule has 3 N–H and O–H groups in total. The number of anilines is 3. The molecule has 0 aliphatic carbocycles. The van der Waals surface area contributed by atoms with Gasteiger partial charge in [-0.3, -0.25) is 4.79 Å². The maximum absolute atomic E-state index is 13.2. The number of carbonyl (C=O) groups excluding carboxylic acids is 1. The number of aromatic carboxylic acids is 1. The highest BCUT2D eigenvalue weighted by Crippen LogP contribution is 2.27. The Morgan fingerprint density at radius 1 is 0.821 bits per heavy atom. The molecule has 4 rings (SSSR count). The number of benzene rings is 3. The molecule has 39 heavy (non-hydrogen) atoms. The summed E-state index contributed by atoms with van der Waals surface area (Å²) < 4.78 is 44.9. The molecule has 206 valence electrons. The third kappa shape index (κ3) is 8.08. The van der Waals surface area contributed by atoms with Crippen LogP contribution in [0.4, 0.5) is 34.6 Å². The zero-order valence-electron chi connectivity index (χ0n) is 20.1. The zero-order valence-corrected chi connectivity index (χ0v) is 20.8. The summed E-state index contributed by atoms with van der Waals surface area (Å²) in [5.74, 6) is -4.45. The molecule has 1 amide bonds. The molecule has 0 bridgehead atoms. The van der Waals surface area contributed by atoms with Crippen LogP contribution in [-0.2, 0) is 4.79 Å². The van der Waals surface area contributed by atoms with Crippen molar-refractivity contribution >= 4 is 46.5 Å². The first-order valence-corrected chi connectivity index (χ1v) is 11.7. The van der Waals surface area contributed by atoms with Gasteiger partial charge in [-0.05, 0) is 66.7 Å². The molecule has 0 radical (unpaired) electrons. The van der Waals surface area contributed by atoms with Gasteiger partial charge in [0.15, 0.2) is 0 Å². The Hall–Kier alpha value is -4.32. The van der Waals surface area contributed by atoms with Crippen molar-refractivity contribution in [2.24, 2.45) is 0 Å². The van der Waals surface area contributed by atoms with Gasteiger partial charge in [-0.25, -0.2) is 14.0 Å². The van der Waals surface area contributed by atoms with E-state index in [0.717, 1.165) is 5.69 Å². The standard InChI is InChI=1S/C24H21ClFN3O3.C2HF3O2/c25-17-3-1-16(2-4-17)23(30)27-19-7-10-22(21(15-19)24(31)32)29-13-11-28(12-14-29)20-8-5-18(26)6-9-20;3-2(4,5)1(6)7/h1-10,15H,11-14H2,(H,27,30)(H,31,32);(H,6,7). The summed E-state index contributed by atoms with van der Waals surface area (Å²) in [5.41, 5.74) is 2.47. The maximum Gasteiger partial charge on any atom is 0.490 e. The topological polar surface area (TPSA) is 110 Å². The van der Waals surface area contributed by atoms with Gasteiger partial charge in [0.1, 0.15) is 5.82 Å². The quantitative estimate of drug-likeness (QED) is 0.355. The summed E-state index contributed by atoms with van der Waals surface area (Å²) in [6.07, 6.45) is -5.08. The molecule has 13 heteroatoms. The second kappa shape index (κ2) is 12.5. The molecule has 1 heterocycles. The lowest BCUT2D eigenvalue weighted by Crippen LogP contribution is -2.47. The fourth-order valence-corrected chi connectivity index (χ4v) is 3.85. The molecular formula is C26H22ClF4N3O5. The minimum atomic E-state index is -5.08. The van der Waals surface area contributed by atoms with Crippen molar-refractivity contribution in [2.75, 3.05) is 41.3 Å². The lowest BCUT2D eigenvalue weighted by atomic mass is 10.1. The molecular weight excluding hydrogens is 546 g/mol. The number of nitrogens with one attached hydrogen (secondary N) is 1. The van der Waals surface area contributed by atoms with E-state index in [9.17, 15) is 32.3 Å². The molecule has 0 spiro atoms. The highest BCUT2D eigenvalue weighted by molar-refractivity contribution is 6.30. The number of halogens is 5. The number of alkyl halides is 3. The number of hydrogen-bond acceptors (Lipinski definition) is 5. The van der Waals surface area contributed by atoms with E-state index in [-0.39, 0.29) is 17.3 Å². The Bertz CT molecular complexity index is 1330. The Labute approximate surface area is 225 Å². The van der Waals surface area contributed by atoms with Gasteiger partial charge in [-0.15, -0.1) is 0 Å². The van der Waals surface area contributed by atoms with Crippen LogP contribution in [0.1, 0.15) is 20.7 Å². The normalized spacial score (nSPS) is 13.3. The maximum atomic E-state index is 13.2. The smallest absolute Gasteiger partial charge is 0.478 e.